The van der Waals surface area contributed by atoms with Crippen LogP contribution in [-0.2, 0) is 6.42 Å². The quantitative estimate of drug-likeness (QED) is 0.765. The average Bonchev–Trinajstić information content (AvgIpc) is 2.39. The fourth-order valence-electron chi connectivity index (χ4n) is 2.10. The summed E-state index contributed by atoms with van der Waals surface area (Å²) in [4.78, 5) is 2.70. The van der Waals surface area contributed by atoms with Gasteiger partial charge in [0.15, 0.2) is 0 Å². The molecule has 0 saturated carbocycles. The molecule has 2 rings (SSSR count). The molecule has 0 unspecified atom stereocenters. The lowest BCUT2D eigenvalue weighted by Crippen LogP contribution is -2.34. The fraction of sp³-hybridized carbons (Fsp3) is 0.455. The van der Waals surface area contributed by atoms with Crippen LogP contribution in [0, 0.1) is 0 Å². The Balaban J connectivity index is 2.31. The summed E-state index contributed by atoms with van der Waals surface area (Å²) >= 11 is 11.7. The SMILES string of the molecule is C[C@H]1CN(NCl)CCc2ccc(Cl)cc21. The van der Waals surface area contributed by atoms with Gasteiger partial charge in [-0.3, -0.25) is 0 Å². The van der Waals surface area contributed by atoms with Gasteiger partial charge < -0.3 is 0 Å². The highest BCUT2D eigenvalue weighted by molar-refractivity contribution is 6.30. The van der Waals surface area contributed by atoms with Crippen molar-refractivity contribution in [3.05, 3.63) is 34.3 Å². The number of rotatable bonds is 1. The highest BCUT2D eigenvalue weighted by Gasteiger charge is 2.19. The second-order valence-electron chi connectivity index (χ2n) is 4.02. The van der Waals surface area contributed by atoms with Gasteiger partial charge in [0.25, 0.3) is 0 Å². The zero-order valence-corrected chi connectivity index (χ0v) is 10.1. The predicted octanol–water partition coefficient (Wildman–Crippen LogP) is 2.96. The number of hydrogen-bond acceptors (Lipinski definition) is 2. The number of benzene rings is 1. The molecule has 1 heterocycles. The molecule has 1 aliphatic rings. The van der Waals surface area contributed by atoms with Crippen molar-refractivity contribution in [2.75, 3.05) is 13.1 Å². The molecule has 1 aromatic carbocycles. The topological polar surface area (TPSA) is 15.3 Å². The number of nitrogens with zero attached hydrogens (tertiary/aromatic N) is 1. The van der Waals surface area contributed by atoms with Crippen molar-refractivity contribution in [3.8, 4) is 0 Å². The van der Waals surface area contributed by atoms with E-state index in [-0.39, 0.29) is 0 Å². The van der Waals surface area contributed by atoms with Gasteiger partial charge in [-0.05, 0) is 47.4 Å². The van der Waals surface area contributed by atoms with Gasteiger partial charge in [-0.2, -0.15) is 4.94 Å². The van der Waals surface area contributed by atoms with E-state index in [2.05, 4.69) is 24.0 Å². The Morgan fingerprint density at radius 3 is 3.00 bits per heavy atom. The number of nitrogens with one attached hydrogen (secondary N) is 1. The molecule has 0 fully saturated rings. The summed E-state index contributed by atoms with van der Waals surface area (Å²) in [6.45, 7) is 4.04. The first kappa shape index (κ1) is 11.2. The van der Waals surface area contributed by atoms with Gasteiger partial charge in [0.1, 0.15) is 0 Å². The smallest absolute Gasteiger partial charge is 0.0409 e. The third-order valence-electron chi connectivity index (χ3n) is 2.90. The lowest BCUT2D eigenvalue weighted by Gasteiger charge is -2.19. The van der Waals surface area contributed by atoms with Gasteiger partial charge in [-0.25, -0.2) is 5.01 Å². The average molecular weight is 245 g/mol. The number of hydrogen-bond donors (Lipinski definition) is 1. The van der Waals surface area contributed by atoms with Crippen LogP contribution >= 0.6 is 23.4 Å². The summed E-state index contributed by atoms with van der Waals surface area (Å²) in [5, 5.41) is 2.84. The van der Waals surface area contributed by atoms with Gasteiger partial charge in [-0.15, -0.1) is 0 Å². The molecule has 15 heavy (non-hydrogen) atoms. The molecule has 0 aromatic heterocycles. The van der Waals surface area contributed by atoms with Gasteiger partial charge >= 0.3 is 0 Å². The molecule has 0 saturated heterocycles. The molecule has 0 spiro atoms. The Kier molecular flexibility index (Phi) is 3.52. The van der Waals surface area contributed by atoms with E-state index in [1.54, 1.807) is 0 Å². The maximum atomic E-state index is 6.01. The van der Waals surface area contributed by atoms with Gasteiger partial charge in [0.2, 0.25) is 0 Å². The van der Waals surface area contributed by atoms with Crippen molar-refractivity contribution >= 4 is 23.4 Å². The van der Waals surface area contributed by atoms with Crippen LogP contribution in [0.15, 0.2) is 18.2 Å². The van der Waals surface area contributed by atoms with E-state index in [4.69, 9.17) is 23.4 Å². The Hall–Kier alpha value is -0.280. The summed E-state index contributed by atoms with van der Waals surface area (Å²) in [5.41, 5.74) is 2.72. The van der Waals surface area contributed by atoms with Crippen LogP contribution in [0.1, 0.15) is 24.0 Å². The zero-order chi connectivity index (χ0) is 10.8. The second-order valence-corrected chi connectivity index (χ2v) is 4.63. The van der Waals surface area contributed by atoms with Crippen LogP contribution < -0.4 is 4.94 Å². The van der Waals surface area contributed by atoms with Crippen molar-refractivity contribution in [2.24, 2.45) is 0 Å². The standard InChI is InChI=1S/C11H14Cl2N2/c1-8-7-15(14-13)5-4-9-2-3-10(12)6-11(8)9/h2-3,6,8,14H,4-5,7H2,1H3/t8-/m0/s1. The Morgan fingerprint density at radius 1 is 1.47 bits per heavy atom. The lowest BCUT2D eigenvalue weighted by molar-refractivity contribution is 0.244. The highest BCUT2D eigenvalue weighted by Crippen LogP contribution is 2.27. The van der Waals surface area contributed by atoms with E-state index in [9.17, 15) is 0 Å². The molecule has 1 N–H and O–H groups in total. The molecular formula is C11H14Cl2N2. The summed E-state index contributed by atoms with van der Waals surface area (Å²) in [6.07, 6.45) is 1.01. The molecule has 1 aliphatic heterocycles. The third kappa shape index (κ3) is 2.45. The first-order valence-corrected chi connectivity index (χ1v) is 5.86. The first-order valence-electron chi connectivity index (χ1n) is 5.10. The molecule has 2 nitrogen and oxygen atoms in total. The molecule has 1 aromatic rings. The Labute approximate surface area is 100 Å². The van der Waals surface area contributed by atoms with Crippen molar-refractivity contribution in [1.29, 1.82) is 0 Å². The molecule has 0 aliphatic carbocycles. The minimum atomic E-state index is 0.451. The lowest BCUT2D eigenvalue weighted by atomic mass is 9.95. The van der Waals surface area contributed by atoms with Crippen LogP contribution in [-0.4, -0.2) is 18.1 Å². The maximum Gasteiger partial charge on any atom is 0.0409 e. The molecule has 0 radical (unpaired) electrons. The van der Waals surface area contributed by atoms with Crippen LogP contribution in [0.2, 0.25) is 5.02 Å². The van der Waals surface area contributed by atoms with Crippen LogP contribution in [0.4, 0.5) is 0 Å². The minimum absolute atomic E-state index is 0.451. The monoisotopic (exact) mass is 244 g/mol. The number of fused-ring (bicyclic) bond motifs is 1. The molecule has 82 valence electrons. The van der Waals surface area contributed by atoms with Crippen LogP contribution in [0.25, 0.3) is 0 Å². The van der Waals surface area contributed by atoms with E-state index in [0.29, 0.717) is 5.92 Å². The number of halogens is 2. The molecular weight excluding hydrogens is 231 g/mol. The van der Waals surface area contributed by atoms with Gasteiger partial charge in [-0.1, -0.05) is 24.6 Å². The predicted molar refractivity (Wildman–Crippen MR) is 64.1 cm³/mol. The van der Waals surface area contributed by atoms with E-state index in [1.807, 2.05) is 11.1 Å². The van der Waals surface area contributed by atoms with Gasteiger partial charge in [0.05, 0.1) is 0 Å². The first-order chi connectivity index (χ1) is 7.20. The largest absolute Gasteiger partial charge is 0.229 e. The second kappa shape index (κ2) is 4.71. The van der Waals surface area contributed by atoms with Crippen molar-refractivity contribution in [3.63, 3.8) is 0 Å². The normalized spacial score (nSPS) is 22.2. The summed E-state index contributed by atoms with van der Waals surface area (Å²) in [5.74, 6) is 0.451. The van der Waals surface area contributed by atoms with Crippen molar-refractivity contribution < 1.29 is 0 Å². The van der Waals surface area contributed by atoms with Gasteiger partial charge in [0, 0.05) is 18.1 Å². The van der Waals surface area contributed by atoms with Crippen LogP contribution in [0.3, 0.4) is 0 Å². The Bertz CT molecular complexity index is 354. The molecule has 4 heteroatoms. The summed E-state index contributed by atoms with van der Waals surface area (Å²) in [7, 11) is 0. The third-order valence-corrected chi connectivity index (χ3v) is 3.38. The van der Waals surface area contributed by atoms with Crippen LogP contribution in [0.5, 0.6) is 0 Å². The summed E-state index contributed by atoms with van der Waals surface area (Å²) < 4.78 is 0. The maximum absolute atomic E-state index is 6.01. The molecule has 1 atom stereocenters. The van der Waals surface area contributed by atoms with E-state index >= 15 is 0 Å². The highest BCUT2D eigenvalue weighted by atomic mass is 35.5. The summed E-state index contributed by atoms with van der Waals surface area (Å²) in [6, 6.07) is 6.14. The van der Waals surface area contributed by atoms with E-state index < -0.39 is 0 Å². The van der Waals surface area contributed by atoms with Crippen molar-refractivity contribution in [1.82, 2.24) is 9.95 Å². The number of hydrazine groups is 1. The van der Waals surface area contributed by atoms with E-state index in [0.717, 1.165) is 24.5 Å². The molecule has 0 amide bonds. The van der Waals surface area contributed by atoms with E-state index in [1.165, 1.54) is 11.1 Å². The molecule has 0 bridgehead atoms. The van der Waals surface area contributed by atoms with Crippen molar-refractivity contribution in [2.45, 2.75) is 19.3 Å². The fourth-order valence-corrected chi connectivity index (χ4v) is 2.44. The zero-order valence-electron chi connectivity index (χ0n) is 8.63. The Morgan fingerprint density at radius 2 is 2.27 bits per heavy atom. The minimum Gasteiger partial charge on any atom is -0.229 e.